The molecule has 2 atom stereocenters. The van der Waals surface area contributed by atoms with E-state index in [0.29, 0.717) is 26.1 Å². The lowest BCUT2D eigenvalue weighted by molar-refractivity contribution is -0.166. The molecule has 0 N–H and O–H groups in total. The second kappa shape index (κ2) is 7.40. The Labute approximate surface area is 165 Å². The highest BCUT2D eigenvalue weighted by Gasteiger charge is 2.57. The summed E-state index contributed by atoms with van der Waals surface area (Å²) in [7, 11) is 1.62. The fourth-order valence-electron chi connectivity index (χ4n) is 4.58. The number of rotatable bonds is 5. The van der Waals surface area contributed by atoms with Crippen molar-refractivity contribution in [2.45, 2.75) is 25.8 Å². The predicted molar refractivity (Wildman–Crippen MR) is 105 cm³/mol. The van der Waals surface area contributed by atoms with E-state index in [9.17, 15) is 9.59 Å². The van der Waals surface area contributed by atoms with Crippen LogP contribution >= 0.6 is 0 Å². The van der Waals surface area contributed by atoms with Gasteiger partial charge in [0, 0.05) is 19.6 Å². The third-order valence-electron chi connectivity index (χ3n) is 5.86. The summed E-state index contributed by atoms with van der Waals surface area (Å²) in [6.45, 7) is 3.74. The van der Waals surface area contributed by atoms with Crippen LogP contribution in [0.5, 0.6) is 5.75 Å². The molecule has 1 heterocycles. The molecule has 1 aliphatic carbocycles. The van der Waals surface area contributed by atoms with Crippen LogP contribution in [0.2, 0.25) is 0 Å². The van der Waals surface area contributed by atoms with E-state index in [0.717, 1.165) is 16.9 Å². The minimum atomic E-state index is -1.15. The summed E-state index contributed by atoms with van der Waals surface area (Å²) in [5.74, 6) is 0.00649. The highest BCUT2D eigenvalue weighted by Crippen LogP contribution is 2.46. The molecule has 2 aromatic rings. The number of carbonyl (C=O) groups excluding carboxylic acids is 2. The van der Waals surface area contributed by atoms with Gasteiger partial charge in [0.05, 0.1) is 19.6 Å². The number of esters is 1. The zero-order valence-corrected chi connectivity index (χ0v) is 16.3. The Kier molecular flexibility index (Phi) is 4.94. The summed E-state index contributed by atoms with van der Waals surface area (Å²) in [5, 5.41) is 0. The molecule has 2 aromatic carbocycles. The maximum absolute atomic E-state index is 13.4. The SMILES string of the molecule is CCOC(=O)[C@@]12Cc3cc(OC)ccc3[C@@H](CN(Cc3ccccc3)C1)C2=O. The number of Topliss-reactive ketones (excluding diaryl/α,β-unsaturated/α-hetero) is 1. The van der Waals surface area contributed by atoms with Gasteiger partial charge in [0.1, 0.15) is 11.2 Å². The van der Waals surface area contributed by atoms with Gasteiger partial charge in [0.25, 0.3) is 0 Å². The summed E-state index contributed by atoms with van der Waals surface area (Å²) in [6.07, 6.45) is 0.360. The molecule has 1 saturated heterocycles. The molecule has 0 aromatic heterocycles. The van der Waals surface area contributed by atoms with Crippen LogP contribution in [-0.4, -0.2) is 43.5 Å². The van der Waals surface area contributed by atoms with Gasteiger partial charge < -0.3 is 9.47 Å². The highest BCUT2D eigenvalue weighted by atomic mass is 16.5. The van der Waals surface area contributed by atoms with E-state index >= 15 is 0 Å². The Hall–Kier alpha value is -2.66. The van der Waals surface area contributed by atoms with E-state index in [-0.39, 0.29) is 18.3 Å². The molecule has 0 amide bonds. The van der Waals surface area contributed by atoms with Crippen LogP contribution in [0.4, 0.5) is 0 Å². The maximum atomic E-state index is 13.4. The maximum Gasteiger partial charge on any atom is 0.321 e. The number of hydrogen-bond acceptors (Lipinski definition) is 5. The molecule has 1 fully saturated rings. The first-order chi connectivity index (χ1) is 13.6. The van der Waals surface area contributed by atoms with E-state index in [1.807, 2.05) is 36.4 Å². The number of likely N-dealkylation sites (tertiary alicyclic amines) is 1. The number of ketones is 1. The average Bonchev–Trinajstić information content (AvgIpc) is 2.70. The minimum Gasteiger partial charge on any atom is -0.497 e. The molecule has 0 saturated carbocycles. The van der Waals surface area contributed by atoms with Crippen LogP contribution in [0.1, 0.15) is 29.5 Å². The lowest BCUT2D eigenvalue weighted by Gasteiger charge is -2.47. The zero-order chi connectivity index (χ0) is 19.7. The third-order valence-corrected chi connectivity index (χ3v) is 5.86. The smallest absolute Gasteiger partial charge is 0.321 e. The molecule has 0 spiro atoms. The standard InChI is InChI=1S/C23H25NO4/c1-3-28-22(26)23-12-17-11-18(27-2)9-10-19(17)20(21(23)25)14-24(15-23)13-16-7-5-4-6-8-16/h4-11,20H,3,12-15H2,1-2H3/t20-,23+/m1/s1. The molecule has 0 unspecified atom stereocenters. The van der Waals surface area contributed by atoms with Gasteiger partial charge >= 0.3 is 5.97 Å². The third kappa shape index (κ3) is 3.10. The topological polar surface area (TPSA) is 55.8 Å². The number of ether oxygens (including phenoxy) is 2. The lowest BCUT2D eigenvalue weighted by atomic mass is 9.63. The van der Waals surface area contributed by atoms with E-state index in [4.69, 9.17) is 9.47 Å². The molecule has 4 rings (SSSR count). The van der Waals surface area contributed by atoms with Crippen molar-refractivity contribution in [2.24, 2.45) is 5.41 Å². The van der Waals surface area contributed by atoms with Gasteiger partial charge in [-0.05, 0) is 42.2 Å². The molecule has 0 radical (unpaired) electrons. The largest absolute Gasteiger partial charge is 0.497 e. The number of hydrogen-bond donors (Lipinski definition) is 0. The summed E-state index contributed by atoms with van der Waals surface area (Å²) >= 11 is 0. The predicted octanol–water partition coefficient (Wildman–Crippen LogP) is 2.97. The Morgan fingerprint density at radius 1 is 1.21 bits per heavy atom. The molecule has 5 heteroatoms. The monoisotopic (exact) mass is 379 g/mol. The fourth-order valence-corrected chi connectivity index (χ4v) is 4.58. The first kappa shape index (κ1) is 18.7. The van der Waals surface area contributed by atoms with Gasteiger partial charge in [0.2, 0.25) is 0 Å². The Bertz CT molecular complexity index is 895. The number of benzene rings is 2. The second-order valence-corrected chi connectivity index (χ2v) is 7.62. The van der Waals surface area contributed by atoms with Crippen molar-refractivity contribution in [1.29, 1.82) is 0 Å². The Morgan fingerprint density at radius 2 is 2.00 bits per heavy atom. The van der Waals surface area contributed by atoms with Crippen molar-refractivity contribution in [2.75, 3.05) is 26.8 Å². The van der Waals surface area contributed by atoms with Crippen LogP contribution in [0.25, 0.3) is 0 Å². The van der Waals surface area contributed by atoms with Crippen LogP contribution < -0.4 is 4.74 Å². The first-order valence-corrected chi connectivity index (χ1v) is 9.72. The van der Waals surface area contributed by atoms with E-state index < -0.39 is 11.4 Å². The first-order valence-electron chi connectivity index (χ1n) is 9.72. The molecule has 2 aliphatic rings. The van der Waals surface area contributed by atoms with Gasteiger partial charge in [0.15, 0.2) is 5.78 Å². The quantitative estimate of drug-likeness (QED) is 0.591. The van der Waals surface area contributed by atoms with Gasteiger partial charge in [-0.15, -0.1) is 0 Å². The Morgan fingerprint density at radius 3 is 2.71 bits per heavy atom. The molecule has 5 nitrogen and oxygen atoms in total. The highest BCUT2D eigenvalue weighted by molar-refractivity contribution is 6.09. The van der Waals surface area contributed by atoms with Gasteiger partial charge in [-0.25, -0.2) is 0 Å². The van der Waals surface area contributed by atoms with Gasteiger partial charge in [-0.2, -0.15) is 0 Å². The van der Waals surface area contributed by atoms with Crippen molar-refractivity contribution in [1.82, 2.24) is 4.90 Å². The summed E-state index contributed by atoms with van der Waals surface area (Å²) in [6, 6.07) is 16.0. The zero-order valence-electron chi connectivity index (χ0n) is 16.3. The normalized spacial score (nSPS) is 23.8. The van der Waals surface area contributed by atoms with E-state index in [2.05, 4.69) is 17.0 Å². The van der Waals surface area contributed by atoms with Crippen molar-refractivity contribution in [3.8, 4) is 5.75 Å². The number of piperidine rings is 1. The lowest BCUT2D eigenvalue weighted by Crippen LogP contribution is -2.60. The summed E-state index contributed by atoms with van der Waals surface area (Å²) in [5.41, 5.74) is 2.04. The second-order valence-electron chi connectivity index (χ2n) is 7.62. The van der Waals surface area contributed by atoms with Gasteiger partial charge in [-0.1, -0.05) is 36.4 Å². The molecular weight excluding hydrogens is 354 g/mol. The van der Waals surface area contributed by atoms with Crippen LogP contribution in [-0.2, 0) is 27.3 Å². The van der Waals surface area contributed by atoms with Crippen LogP contribution in [0, 0.1) is 5.41 Å². The minimum absolute atomic E-state index is 0.00655. The molecule has 146 valence electrons. The van der Waals surface area contributed by atoms with Crippen molar-refractivity contribution in [3.63, 3.8) is 0 Å². The van der Waals surface area contributed by atoms with Crippen molar-refractivity contribution >= 4 is 11.8 Å². The number of methoxy groups -OCH3 is 1. The molecule has 2 bridgehead atoms. The molecule has 28 heavy (non-hydrogen) atoms. The number of fused-ring (bicyclic) bond motifs is 4. The number of carbonyl (C=O) groups is 2. The van der Waals surface area contributed by atoms with E-state index in [1.54, 1.807) is 14.0 Å². The van der Waals surface area contributed by atoms with Crippen molar-refractivity contribution < 1.29 is 19.1 Å². The molecular formula is C23H25NO4. The van der Waals surface area contributed by atoms with Crippen LogP contribution in [0.15, 0.2) is 48.5 Å². The van der Waals surface area contributed by atoms with Crippen LogP contribution in [0.3, 0.4) is 0 Å². The average molecular weight is 379 g/mol. The van der Waals surface area contributed by atoms with Crippen molar-refractivity contribution in [3.05, 3.63) is 65.2 Å². The summed E-state index contributed by atoms with van der Waals surface area (Å²) < 4.78 is 10.7. The molecule has 1 aliphatic heterocycles. The van der Waals surface area contributed by atoms with Gasteiger partial charge in [-0.3, -0.25) is 14.5 Å². The summed E-state index contributed by atoms with van der Waals surface area (Å²) in [4.78, 5) is 28.6. The fraction of sp³-hybridized carbons (Fsp3) is 0.391. The Balaban J connectivity index is 1.74. The number of nitrogens with zero attached hydrogens (tertiary/aromatic N) is 1. The van der Waals surface area contributed by atoms with E-state index in [1.165, 1.54) is 5.56 Å².